The first kappa shape index (κ1) is 12.1. The van der Waals surface area contributed by atoms with Crippen LogP contribution in [0.2, 0.25) is 0 Å². The van der Waals surface area contributed by atoms with Crippen LogP contribution in [-0.2, 0) is 4.79 Å². The molecule has 0 spiro atoms. The molecule has 0 radical (unpaired) electrons. The van der Waals surface area contributed by atoms with E-state index in [0.717, 1.165) is 13.0 Å². The van der Waals surface area contributed by atoms with Crippen LogP contribution in [-0.4, -0.2) is 18.5 Å². The van der Waals surface area contributed by atoms with Gasteiger partial charge in [0.15, 0.2) is 0 Å². The molecular weight excluding hydrogens is 212 g/mol. The summed E-state index contributed by atoms with van der Waals surface area (Å²) in [5, 5.41) is 6.46. The molecule has 2 rings (SSSR count). The lowest BCUT2D eigenvalue weighted by Crippen LogP contribution is -2.46. The first-order valence-corrected chi connectivity index (χ1v) is 6.24. The maximum absolute atomic E-state index is 11.1. The van der Waals surface area contributed by atoms with Crippen molar-refractivity contribution in [3.63, 3.8) is 0 Å². The van der Waals surface area contributed by atoms with Crippen molar-refractivity contribution in [1.29, 1.82) is 0 Å². The van der Waals surface area contributed by atoms with Gasteiger partial charge in [-0.25, -0.2) is 0 Å². The summed E-state index contributed by atoms with van der Waals surface area (Å²) in [5.41, 5.74) is 2.58. The fourth-order valence-electron chi connectivity index (χ4n) is 2.18. The van der Waals surface area contributed by atoms with E-state index in [1.165, 1.54) is 11.1 Å². The second-order valence-electron chi connectivity index (χ2n) is 4.84. The van der Waals surface area contributed by atoms with Gasteiger partial charge in [0.25, 0.3) is 0 Å². The van der Waals surface area contributed by atoms with Crippen LogP contribution in [0.15, 0.2) is 24.3 Å². The molecule has 1 saturated heterocycles. The minimum absolute atomic E-state index is 0.172. The molecule has 1 aliphatic rings. The smallest absolute Gasteiger partial charge is 0.220 e. The molecule has 0 saturated carbocycles. The lowest BCUT2D eigenvalue weighted by molar-refractivity contribution is -0.122. The van der Waals surface area contributed by atoms with Crippen LogP contribution in [0.5, 0.6) is 0 Å². The highest BCUT2D eigenvalue weighted by Crippen LogP contribution is 2.15. The van der Waals surface area contributed by atoms with Crippen molar-refractivity contribution in [2.75, 3.05) is 6.54 Å². The third kappa shape index (κ3) is 3.30. The highest BCUT2D eigenvalue weighted by Gasteiger charge is 2.19. The number of piperidine rings is 1. The van der Waals surface area contributed by atoms with Gasteiger partial charge >= 0.3 is 0 Å². The lowest BCUT2D eigenvalue weighted by Gasteiger charge is -2.27. The Labute approximate surface area is 103 Å². The molecule has 2 N–H and O–H groups in total. The van der Waals surface area contributed by atoms with Crippen molar-refractivity contribution in [3.8, 4) is 0 Å². The second kappa shape index (κ2) is 5.32. The van der Waals surface area contributed by atoms with Crippen LogP contribution in [0.4, 0.5) is 0 Å². The molecule has 0 bridgehead atoms. The van der Waals surface area contributed by atoms with Crippen LogP contribution in [0.25, 0.3) is 0 Å². The summed E-state index contributed by atoms with van der Waals surface area (Å²) in [6.45, 7) is 5.01. The molecule has 3 nitrogen and oxygen atoms in total. The van der Waals surface area contributed by atoms with Gasteiger partial charge in [-0.2, -0.15) is 0 Å². The molecule has 1 fully saturated rings. The van der Waals surface area contributed by atoms with Crippen molar-refractivity contribution >= 4 is 5.91 Å². The van der Waals surface area contributed by atoms with E-state index in [1.54, 1.807) is 0 Å². The monoisotopic (exact) mass is 232 g/mol. The third-order valence-corrected chi connectivity index (χ3v) is 3.33. The van der Waals surface area contributed by atoms with Gasteiger partial charge in [0.1, 0.15) is 0 Å². The zero-order valence-corrected chi connectivity index (χ0v) is 10.5. The van der Waals surface area contributed by atoms with Gasteiger partial charge in [-0.15, -0.1) is 0 Å². The molecule has 0 aromatic heterocycles. The zero-order valence-electron chi connectivity index (χ0n) is 10.5. The number of aryl methyl sites for hydroxylation is 1. The van der Waals surface area contributed by atoms with E-state index in [0.29, 0.717) is 18.5 Å². The molecule has 92 valence electrons. The fourth-order valence-corrected chi connectivity index (χ4v) is 2.18. The number of carbonyl (C=O) groups is 1. The normalized spacial score (nSPS) is 22.0. The summed E-state index contributed by atoms with van der Waals surface area (Å²) in [5.74, 6) is 0.172. The Kier molecular flexibility index (Phi) is 3.79. The van der Waals surface area contributed by atoms with E-state index in [2.05, 4.69) is 48.7 Å². The number of carbonyl (C=O) groups excluding carboxylic acids is 1. The zero-order chi connectivity index (χ0) is 12.3. The van der Waals surface area contributed by atoms with Crippen molar-refractivity contribution in [2.45, 2.75) is 38.8 Å². The summed E-state index contributed by atoms with van der Waals surface area (Å²) in [6.07, 6.45) is 1.57. The van der Waals surface area contributed by atoms with Crippen molar-refractivity contribution in [3.05, 3.63) is 35.4 Å². The number of rotatable bonds is 3. The van der Waals surface area contributed by atoms with Crippen molar-refractivity contribution < 1.29 is 4.79 Å². The topological polar surface area (TPSA) is 41.1 Å². The average Bonchev–Trinajstić information content (AvgIpc) is 2.33. The van der Waals surface area contributed by atoms with Crippen LogP contribution in [0.3, 0.4) is 0 Å². The van der Waals surface area contributed by atoms with Crippen LogP contribution in [0.1, 0.15) is 36.9 Å². The molecule has 1 aliphatic heterocycles. The summed E-state index contributed by atoms with van der Waals surface area (Å²) in [4.78, 5) is 11.1. The van der Waals surface area contributed by atoms with Gasteiger partial charge in [-0.3, -0.25) is 4.79 Å². The Morgan fingerprint density at radius 3 is 2.65 bits per heavy atom. The minimum atomic E-state index is 0.172. The third-order valence-electron chi connectivity index (χ3n) is 3.33. The fraction of sp³-hybridized carbons (Fsp3) is 0.500. The predicted octanol–water partition coefficient (Wildman–Crippen LogP) is 1.92. The van der Waals surface area contributed by atoms with E-state index < -0.39 is 0 Å². The maximum atomic E-state index is 11.1. The summed E-state index contributed by atoms with van der Waals surface area (Å²) in [7, 11) is 0. The van der Waals surface area contributed by atoms with E-state index >= 15 is 0 Å². The molecule has 17 heavy (non-hydrogen) atoms. The largest absolute Gasteiger partial charge is 0.355 e. The summed E-state index contributed by atoms with van der Waals surface area (Å²) >= 11 is 0. The highest BCUT2D eigenvalue weighted by atomic mass is 16.1. The van der Waals surface area contributed by atoms with Gasteiger partial charge in [0.05, 0.1) is 0 Å². The van der Waals surface area contributed by atoms with Crippen molar-refractivity contribution in [2.24, 2.45) is 0 Å². The van der Waals surface area contributed by atoms with Gasteiger partial charge in [0, 0.05) is 25.0 Å². The van der Waals surface area contributed by atoms with Crippen LogP contribution >= 0.6 is 0 Å². The van der Waals surface area contributed by atoms with Gasteiger partial charge < -0.3 is 10.6 Å². The number of amides is 1. The Balaban J connectivity index is 1.90. The molecule has 1 amide bonds. The molecule has 1 heterocycles. The predicted molar refractivity (Wildman–Crippen MR) is 68.8 cm³/mol. The standard InChI is InChI=1S/C14H20N2O/c1-10-3-5-12(6-4-10)11(2)16-13-7-8-14(17)15-9-13/h3-6,11,13,16H,7-9H2,1-2H3,(H,15,17). The molecule has 2 unspecified atom stereocenters. The van der Waals surface area contributed by atoms with E-state index in [1.807, 2.05) is 0 Å². The Morgan fingerprint density at radius 1 is 1.35 bits per heavy atom. The van der Waals surface area contributed by atoms with Crippen LogP contribution in [0, 0.1) is 6.92 Å². The van der Waals surface area contributed by atoms with E-state index in [9.17, 15) is 4.79 Å². The van der Waals surface area contributed by atoms with Crippen molar-refractivity contribution in [1.82, 2.24) is 10.6 Å². The number of benzene rings is 1. The molecular formula is C14H20N2O. The first-order chi connectivity index (χ1) is 8.15. The minimum Gasteiger partial charge on any atom is -0.355 e. The maximum Gasteiger partial charge on any atom is 0.220 e. The first-order valence-electron chi connectivity index (χ1n) is 6.24. The molecule has 1 aromatic rings. The van der Waals surface area contributed by atoms with E-state index in [4.69, 9.17) is 0 Å². The molecule has 2 atom stereocenters. The number of hydrogen-bond acceptors (Lipinski definition) is 2. The molecule has 0 aliphatic carbocycles. The van der Waals surface area contributed by atoms with E-state index in [-0.39, 0.29) is 5.91 Å². The molecule has 1 aromatic carbocycles. The second-order valence-corrected chi connectivity index (χ2v) is 4.84. The highest BCUT2D eigenvalue weighted by molar-refractivity contribution is 5.76. The average molecular weight is 232 g/mol. The molecule has 3 heteroatoms. The Morgan fingerprint density at radius 2 is 2.06 bits per heavy atom. The Hall–Kier alpha value is -1.35. The number of hydrogen-bond donors (Lipinski definition) is 2. The lowest BCUT2D eigenvalue weighted by atomic mass is 10.0. The SMILES string of the molecule is Cc1ccc(C(C)NC2CCC(=O)NC2)cc1. The van der Waals surface area contributed by atoms with Gasteiger partial charge in [-0.05, 0) is 25.8 Å². The van der Waals surface area contributed by atoms with Gasteiger partial charge in [-0.1, -0.05) is 29.8 Å². The summed E-state index contributed by atoms with van der Waals surface area (Å²) < 4.78 is 0. The quantitative estimate of drug-likeness (QED) is 0.836. The van der Waals surface area contributed by atoms with Crippen LogP contribution < -0.4 is 10.6 Å². The number of nitrogens with one attached hydrogen (secondary N) is 2. The summed E-state index contributed by atoms with van der Waals surface area (Å²) in [6, 6.07) is 9.31. The van der Waals surface area contributed by atoms with Gasteiger partial charge in [0.2, 0.25) is 5.91 Å². The Bertz CT molecular complexity index is 376.